The molecule has 0 spiro atoms. The summed E-state index contributed by atoms with van der Waals surface area (Å²) >= 11 is 0. The largest absolute Gasteiger partial charge is 0.459 e. The minimum Gasteiger partial charge on any atom is -0.459 e. The standard InChI is InChI=1S/C16H22N2O4/c1-11-6-8-17(10-13(11)19)15(20)12-4-2-7-18(12)16(21)14-5-3-9-22-14/h3,5,9,11-13,19H,2,4,6-8,10H2,1H3. The second-order valence-corrected chi connectivity index (χ2v) is 6.25. The van der Waals surface area contributed by atoms with Crippen molar-refractivity contribution in [1.29, 1.82) is 0 Å². The van der Waals surface area contributed by atoms with Gasteiger partial charge < -0.3 is 19.3 Å². The van der Waals surface area contributed by atoms with Gasteiger partial charge in [0, 0.05) is 19.6 Å². The smallest absolute Gasteiger partial charge is 0.290 e. The van der Waals surface area contributed by atoms with Crippen LogP contribution in [0, 0.1) is 5.92 Å². The lowest BCUT2D eigenvalue weighted by atomic mass is 9.95. The Hall–Kier alpha value is -1.82. The molecule has 1 N–H and O–H groups in total. The molecule has 22 heavy (non-hydrogen) atoms. The molecule has 2 aliphatic rings. The van der Waals surface area contributed by atoms with Gasteiger partial charge in [0.2, 0.25) is 5.91 Å². The molecule has 3 atom stereocenters. The van der Waals surface area contributed by atoms with E-state index in [9.17, 15) is 14.7 Å². The molecule has 6 heteroatoms. The van der Waals surface area contributed by atoms with E-state index >= 15 is 0 Å². The van der Waals surface area contributed by atoms with E-state index in [1.807, 2.05) is 6.92 Å². The first-order chi connectivity index (χ1) is 10.6. The van der Waals surface area contributed by atoms with Crippen molar-refractivity contribution >= 4 is 11.8 Å². The van der Waals surface area contributed by atoms with E-state index in [1.165, 1.54) is 6.26 Å². The van der Waals surface area contributed by atoms with Gasteiger partial charge >= 0.3 is 0 Å². The second-order valence-electron chi connectivity index (χ2n) is 6.25. The summed E-state index contributed by atoms with van der Waals surface area (Å²) in [5.41, 5.74) is 0. The van der Waals surface area contributed by atoms with Crippen molar-refractivity contribution in [2.75, 3.05) is 19.6 Å². The number of piperidine rings is 1. The van der Waals surface area contributed by atoms with E-state index in [-0.39, 0.29) is 23.5 Å². The van der Waals surface area contributed by atoms with E-state index in [4.69, 9.17) is 4.42 Å². The number of carbonyl (C=O) groups excluding carboxylic acids is 2. The number of likely N-dealkylation sites (tertiary alicyclic amines) is 2. The van der Waals surface area contributed by atoms with Crippen LogP contribution >= 0.6 is 0 Å². The number of rotatable bonds is 2. The Morgan fingerprint density at radius 1 is 1.32 bits per heavy atom. The highest BCUT2D eigenvalue weighted by Crippen LogP contribution is 2.25. The average Bonchev–Trinajstić information content (AvgIpc) is 3.19. The molecule has 2 saturated heterocycles. The summed E-state index contributed by atoms with van der Waals surface area (Å²) in [5.74, 6) is 0.204. The van der Waals surface area contributed by atoms with Gasteiger partial charge in [0.05, 0.1) is 12.4 Å². The highest BCUT2D eigenvalue weighted by atomic mass is 16.3. The van der Waals surface area contributed by atoms with Crippen molar-refractivity contribution in [3.63, 3.8) is 0 Å². The van der Waals surface area contributed by atoms with Gasteiger partial charge in [-0.1, -0.05) is 6.92 Å². The number of nitrogens with zero attached hydrogens (tertiary/aromatic N) is 2. The molecular formula is C16H22N2O4. The average molecular weight is 306 g/mol. The zero-order valence-corrected chi connectivity index (χ0v) is 12.8. The highest BCUT2D eigenvalue weighted by molar-refractivity contribution is 5.96. The number of aliphatic hydroxyl groups is 1. The molecule has 2 amide bonds. The lowest BCUT2D eigenvalue weighted by molar-refractivity contribution is -0.139. The third-order valence-corrected chi connectivity index (χ3v) is 4.76. The highest BCUT2D eigenvalue weighted by Gasteiger charge is 2.39. The summed E-state index contributed by atoms with van der Waals surface area (Å²) in [5, 5.41) is 9.98. The summed E-state index contributed by atoms with van der Waals surface area (Å²) in [7, 11) is 0. The lowest BCUT2D eigenvalue weighted by Crippen LogP contribution is -2.53. The first-order valence-electron chi connectivity index (χ1n) is 7.89. The summed E-state index contributed by atoms with van der Waals surface area (Å²) in [6.07, 6.45) is 3.27. The van der Waals surface area contributed by atoms with Crippen LogP contribution < -0.4 is 0 Å². The van der Waals surface area contributed by atoms with Gasteiger partial charge in [-0.25, -0.2) is 0 Å². The van der Waals surface area contributed by atoms with Gasteiger partial charge in [0.1, 0.15) is 6.04 Å². The predicted molar refractivity (Wildman–Crippen MR) is 79.1 cm³/mol. The van der Waals surface area contributed by atoms with Gasteiger partial charge in [-0.05, 0) is 37.3 Å². The fourth-order valence-corrected chi connectivity index (χ4v) is 3.27. The maximum absolute atomic E-state index is 12.7. The van der Waals surface area contributed by atoms with Crippen LogP contribution in [-0.2, 0) is 4.79 Å². The molecule has 1 aromatic rings. The normalized spacial score (nSPS) is 28.9. The molecular weight excluding hydrogens is 284 g/mol. The molecule has 6 nitrogen and oxygen atoms in total. The van der Waals surface area contributed by atoms with Gasteiger partial charge in [-0.15, -0.1) is 0 Å². The maximum atomic E-state index is 12.7. The second kappa shape index (κ2) is 6.12. The van der Waals surface area contributed by atoms with Gasteiger partial charge in [0.25, 0.3) is 5.91 Å². The fraction of sp³-hybridized carbons (Fsp3) is 0.625. The van der Waals surface area contributed by atoms with Crippen molar-refractivity contribution in [3.8, 4) is 0 Å². The summed E-state index contributed by atoms with van der Waals surface area (Å²) < 4.78 is 5.16. The minimum absolute atomic E-state index is 0.0524. The molecule has 3 rings (SSSR count). The van der Waals surface area contributed by atoms with Crippen LogP contribution in [0.3, 0.4) is 0 Å². The predicted octanol–water partition coefficient (Wildman–Crippen LogP) is 1.11. The van der Waals surface area contributed by atoms with Gasteiger partial charge in [-0.3, -0.25) is 9.59 Å². The number of carbonyl (C=O) groups is 2. The number of β-amino-alcohol motifs (C(OH)–C–C–N with tert-alkyl or cyclic N) is 1. The quantitative estimate of drug-likeness (QED) is 0.888. The fourth-order valence-electron chi connectivity index (χ4n) is 3.27. The number of hydrogen-bond acceptors (Lipinski definition) is 4. The molecule has 0 aliphatic carbocycles. The molecule has 3 unspecified atom stereocenters. The third-order valence-electron chi connectivity index (χ3n) is 4.76. The number of aliphatic hydroxyl groups excluding tert-OH is 1. The molecule has 2 aliphatic heterocycles. The first-order valence-corrected chi connectivity index (χ1v) is 7.89. The zero-order valence-electron chi connectivity index (χ0n) is 12.8. The van der Waals surface area contributed by atoms with E-state index in [1.54, 1.807) is 21.9 Å². The van der Waals surface area contributed by atoms with Crippen LogP contribution in [0.2, 0.25) is 0 Å². The minimum atomic E-state index is -0.478. The van der Waals surface area contributed by atoms with Gasteiger partial charge in [-0.2, -0.15) is 0 Å². The topological polar surface area (TPSA) is 74.0 Å². The first kappa shape index (κ1) is 15.1. The molecule has 120 valence electrons. The van der Waals surface area contributed by atoms with Crippen molar-refractivity contribution in [1.82, 2.24) is 9.80 Å². The van der Waals surface area contributed by atoms with E-state index in [0.717, 1.165) is 12.8 Å². The van der Waals surface area contributed by atoms with Crippen LogP contribution in [0.25, 0.3) is 0 Å². The van der Waals surface area contributed by atoms with Crippen LogP contribution in [-0.4, -0.2) is 58.5 Å². The molecule has 0 radical (unpaired) electrons. The summed E-state index contributed by atoms with van der Waals surface area (Å²) in [4.78, 5) is 28.5. The van der Waals surface area contributed by atoms with Crippen molar-refractivity contribution in [2.24, 2.45) is 5.92 Å². The maximum Gasteiger partial charge on any atom is 0.290 e. The van der Waals surface area contributed by atoms with Crippen molar-refractivity contribution in [3.05, 3.63) is 24.2 Å². The Labute approximate surface area is 129 Å². The molecule has 2 fully saturated rings. The van der Waals surface area contributed by atoms with Crippen LogP contribution in [0.5, 0.6) is 0 Å². The number of amides is 2. The monoisotopic (exact) mass is 306 g/mol. The van der Waals surface area contributed by atoms with E-state index in [0.29, 0.717) is 26.1 Å². The van der Waals surface area contributed by atoms with Crippen LogP contribution in [0.15, 0.2) is 22.8 Å². The Balaban J connectivity index is 1.70. The van der Waals surface area contributed by atoms with Crippen LogP contribution in [0.4, 0.5) is 0 Å². The third kappa shape index (κ3) is 2.75. The van der Waals surface area contributed by atoms with E-state index in [2.05, 4.69) is 0 Å². The van der Waals surface area contributed by atoms with Gasteiger partial charge in [0.15, 0.2) is 5.76 Å². The van der Waals surface area contributed by atoms with Crippen LogP contribution in [0.1, 0.15) is 36.7 Å². The Kier molecular flexibility index (Phi) is 4.20. The Bertz CT molecular complexity index is 542. The Morgan fingerprint density at radius 3 is 2.82 bits per heavy atom. The van der Waals surface area contributed by atoms with Crippen molar-refractivity contribution < 1.29 is 19.1 Å². The summed E-state index contributed by atoms with van der Waals surface area (Å²) in [6, 6.07) is 2.86. The zero-order chi connectivity index (χ0) is 15.7. The molecule has 3 heterocycles. The molecule has 1 aromatic heterocycles. The molecule has 0 saturated carbocycles. The van der Waals surface area contributed by atoms with E-state index < -0.39 is 12.1 Å². The van der Waals surface area contributed by atoms with Crippen molar-refractivity contribution in [2.45, 2.75) is 38.3 Å². The number of hydrogen-bond donors (Lipinski definition) is 1. The molecule has 0 bridgehead atoms. The SMILES string of the molecule is CC1CCN(C(=O)C2CCCN2C(=O)c2ccco2)CC1O. The number of furan rings is 1. The molecule has 0 aromatic carbocycles. The Morgan fingerprint density at radius 2 is 2.14 bits per heavy atom. The summed E-state index contributed by atoms with van der Waals surface area (Å²) in [6.45, 7) is 3.58. The lowest BCUT2D eigenvalue weighted by Gasteiger charge is -2.37.